The molecule has 0 fully saturated rings. The number of thiophene rings is 1. The molecule has 5 heteroatoms. The fourth-order valence-electron chi connectivity index (χ4n) is 1.25. The smallest absolute Gasteiger partial charge is 0.308 e. The second kappa shape index (κ2) is 4.32. The second-order valence-electron chi connectivity index (χ2n) is 3.19. The van der Waals surface area contributed by atoms with E-state index in [-0.39, 0.29) is 5.97 Å². The number of esters is 1. The van der Waals surface area contributed by atoms with Gasteiger partial charge in [0.2, 0.25) is 5.06 Å². The number of carbonyl (C=O) groups excluding carboxylic acids is 1. The average Bonchev–Trinajstić information content (AvgIpc) is 2.61. The van der Waals surface area contributed by atoms with E-state index in [4.69, 9.17) is 10.5 Å². The standard InChI is InChI=1S/C11H10N2O2S/c1-7(14)15-11-9(12)5-10(16-11)8-3-2-4-13-6-8/h2-6H,12H2,1H3. The zero-order chi connectivity index (χ0) is 11.5. The SMILES string of the molecule is CC(=O)Oc1sc(-c2cccnc2)cc1N. The first-order chi connectivity index (χ1) is 7.66. The quantitative estimate of drug-likeness (QED) is 0.810. The molecule has 16 heavy (non-hydrogen) atoms. The van der Waals surface area contributed by atoms with E-state index < -0.39 is 0 Å². The number of aromatic nitrogens is 1. The minimum absolute atomic E-state index is 0.369. The Kier molecular flexibility index (Phi) is 2.87. The maximum atomic E-state index is 10.8. The van der Waals surface area contributed by atoms with Crippen molar-refractivity contribution in [3.63, 3.8) is 0 Å². The van der Waals surface area contributed by atoms with Gasteiger partial charge in [-0.25, -0.2) is 0 Å². The molecular weight excluding hydrogens is 224 g/mol. The Hall–Kier alpha value is -1.88. The lowest BCUT2D eigenvalue weighted by atomic mass is 10.2. The van der Waals surface area contributed by atoms with E-state index in [1.165, 1.54) is 18.3 Å². The minimum Gasteiger partial charge on any atom is -0.413 e. The van der Waals surface area contributed by atoms with Crippen molar-refractivity contribution in [3.8, 4) is 15.5 Å². The zero-order valence-corrected chi connectivity index (χ0v) is 9.45. The van der Waals surface area contributed by atoms with Crippen LogP contribution in [0.1, 0.15) is 6.92 Å². The summed E-state index contributed by atoms with van der Waals surface area (Å²) in [6.45, 7) is 1.35. The fourth-order valence-corrected chi connectivity index (χ4v) is 2.21. The van der Waals surface area contributed by atoms with Crippen molar-refractivity contribution >= 4 is 23.0 Å². The number of hydrogen-bond acceptors (Lipinski definition) is 5. The van der Waals surface area contributed by atoms with E-state index in [0.29, 0.717) is 10.8 Å². The molecule has 0 radical (unpaired) electrons. The number of anilines is 1. The van der Waals surface area contributed by atoms with Gasteiger partial charge in [-0.15, -0.1) is 0 Å². The Morgan fingerprint density at radius 2 is 2.38 bits per heavy atom. The molecule has 2 N–H and O–H groups in total. The van der Waals surface area contributed by atoms with Gasteiger partial charge in [0.05, 0.1) is 5.69 Å². The van der Waals surface area contributed by atoms with Crippen molar-refractivity contribution in [1.82, 2.24) is 4.98 Å². The predicted molar refractivity (Wildman–Crippen MR) is 63.3 cm³/mol. The number of ether oxygens (including phenoxy) is 1. The molecule has 0 aliphatic heterocycles. The van der Waals surface area contributed by atoms with Gasteiger partial charge in [0.1, 0.15) is 0 Å². The Morgan fingerprint density at radius 1 is 1.56 bits per heavy atom. The van der Waals surface area contributed by atoms with Crippen molar-refractivity contribution in [1.29, 1.82) is 0 Å². The maximum absolute atomic E-state index is 10.8. The van der Waals surface area contributed by atoms with Crippen molar-refractivity contribution in [2.45, 2.75) is 6.92 Å². The number of carbonyl (C=O) groups is 1. The summed E-state index contributed by atoms with van der Waals surface area (Å²) in [6.07, 6.45) is 3.44. The first kappa shape index (κ1) is 10.6. The van der Waals surface area contributed by atoms with Crippen LogP contribution in [-0.2, 0) is 4.79 Å². The van der Waals surface area contributed by atoms with Gasteiger partial charge in [-0.05, 0) is 12.1 Å². The topological polar surface area (TPSA) is 65.2 Å². The number of pyridine rings is 1. The Morgan fingerprint density at radius 3 is 3.00 bits per heavy atom. The molecule has 0 bridgehead atoms. The summed E-state index contributed by atoms with van der Waals surface area (Å²) in [4.78, 5) is 15.8. The van der Waals surface area contributed by atoms with Crippen LogP contribution in [0, 0.1) is 0 Å². The van der Waals surface area contributed by atoms with Gasteiger partial charge in [0.25, 0.3) is 0 Å². The Labute approximate surface area is 96.7 Å². The largest absolute Gasteiger partial charge is 0.413 e. The van der Waals surface area contributed by atoms with E-state index in [1.807, 2.05) is 12.1 Å². The molecule has 0 aliphatic rings. The molecule has 0 aliphatic carbocycles. The number of nitrogens with two attached hydrogens (primary N) is 1. The third-order valence-corrected chi connectivity index (χ3v) is 2.99. The fraction of sp³-hybridized carbons (Fsp3) is 0.0909. The van der Waals surface area contributed by atoms with Crippen LogP contribution in [0.4, 0.5) is 5.69 Å². The molecule has 4 nitrogen and oxygen atoms in total. The van der Waals surface area contributed by atoms with Gasteiger partial charge in [0.15, 0.2) is 0 Å². The molecule has 2 rings (SSSR count). The highest BCUT2D eigenvalue weighted by atomic mass is 32.1. The Bertz CT molecular complexity index is 508. The van der Waals surface area contributed by atoms with Crippen molar-refractivity contribution in [2.75, 3.05) is 5.73 Å². The van der Waals surface area contributed by atoms with E-state index in [0.717, 1.165) is 10.4 Å². The van der Waals surface area contributed by atoms with Crippen LogP contribution < -0.4 is 10.5 Å². The second-order valence-corrected chi connectivity index (χ2v) is 4.20. The highest BCUT2D eigenvalue weighted by Crippen LogP contribution is 2.38. The van der Waals surface area contributed by atoms with Gasteiger partial charge in [-0.3, -0.25) is 9.78 Å². The van der Waals surface area contributed by atoms with Crippen molar-refractivity contribution in [3.05, 3.63) is 30.6 Å². The summed E-state index contributed by atoms with van der Waals surface area (Å²) in [5, 5.41) is 0.436. The molecule has 0 saturated heterocycles. The predicted octanol–water partition coefficient (Wildman–Crippen LogP) is 2.32. The van der Waals surface area contributed by atoms with E-state index in [9.17, 15) is 4.79 Å². The summed E-state index contributed by atoms with van der Waals surface area (Å²) >= 11 is 1.33. The molecule has 0 aromatic carbocycles. The molecule has 0 spiro atoms. The van der Waals surface area contributed by atoms with E-state index in [2.05, 4.69) is 4.98 Å². The van der Waals surface area contributed by atoms with Gasteiger partial charge < -0.3 is 10.5 Å². The van der Waals surface area contributed by atoms with Gasteiger partial charge in [0, 0.05) is 29.8 Å². The molecule has 2 aromatic rings. The highest BCUT2D eigenvalue weighted by Gasteiger charge is 2.10. The monoisotopic (exact) mass is 234 g/mol. The van der Waals surface area contributed by atoms with E-state index >= 15 is 0 Å². The number of nitrogens with zero attached hydrogens (tertiary/aromatic N) is 1. The summed E-state index contributed by atoms with van der Waals surface area (Å²) in [7, 11) is 0. The van der Waals surface area contributed by atoms with Crippen LogP contribution in [0.15, 0.2) is 30.6 Å². The van der Waals surface area contributed by atoms with Crippen LogP contribution in [0.5, 0.6) is 5.06 Å². The van der Waals surface area contributed by atoms with Crippen molar-refractivity contribution < 1.29 is 9.53 Å². The first-order valence-electron chi connectivity index (χ1n) is 4.65. The van der Waals surface area contributed by atoms with Gasteiger partial charge in [-0.1, -0.05) is 17.4 Å². The molecule has 2 aromatic heterocycles. The summed E-state index contributed by atoms with van der Waals surface area (Å²) in [6, 6.07) is 5.55. The lowest BCUT2D eigenvalue weighted by Gasteiger charge is -1.96. The highest BCUT2D eigenvalue weighted by molar-refractivity contribution is 7.18. The zero-order valence-electron chi connectivity index (χ0n) is 8.64. The molecule has 0 saturated carbocycles. The van der Waals surface area contributed by atoms with Crippen LogP contribution in [0.2, 0.25) is 0 Å². The molecule has 82 valence electrons. The van der Waals surface area contributed by atoms with Gasteiger partial charge in [-0.2, -0.15) is 0 Å². The number of hydrogen-bond donors (Lipinski definition) is 1. The lowest BCUT2D eigenvalue weighted by Crippen LogP contribution is -2.01. The first-order valence-corrected chi connectivity index (χ1v) is 5.46. The normalized spacial score (nSPS) is 10.1. The van der Waals surface area contributed by atoms with Crippen LogP contribution in [0.3, 0.4) is 0 Å². The van der Waals surface area contributed by atoms with Crippen molar-refractivity contribution in [2.24, 2.45) is 0 Å². The third kappa shape index (κ3) is 2.20. The lowest BCUT2D eigenvalue weighted by molar-refractivity contribution is -0.131. The van der Waals surface area contributed by atoms with Crippen LogP contribution >= 0.6 is 11.3 Å². The maximum Gasteiger partial charge on any atom is 0.308 e. The van der Waals surface area contributed by atoms with Crippen LogP contribution in [0.25, 0.3) is 10.4 Å². The summed E-state index contributed by atoms with van der Waals surface area (Å²) in [5.74, 6) is -0.369. The molecule has 0 amide bonds. The molecule has 0 unspecified atom stereocenters. The van der Waals surface area contributed by atoms with E-state index in [1.54, 1.807) is 18.5 Å². The molecule has 0 atom stereocenters. The molecule has 2 heterocycles. The summed E-state index contributed by atoms with van der Waals surface area (Å²) < 4.78 is 4.98. The third-order valence-electron chi connectivity index (χ3n) is 1.91. The van der Waals surface area contributed by atoms with Crippen LogP contribution in [-0.4, -0.2) is 11.0 Å². The minimum atomic E-state index is -0.369. The number of nitrogen functional groups attached to an aromatic ring is 1. The summed E-state index contributed by atoms with van der Waals surface area (Å²) in [5.41, 5.74) is 7.17. The average molecular weight is 234 g/mol. The van der Waals surface area contributed by atoms with Gasteiger partial charge >= 0.3 is 5.97 Å². The Balaban J connectivity index is 2.34. The number of rotatable bonds is 2. The molecular formula is C11H10N2O2S.